The molecule has 1 unspecified atom stereocenters. The minimum absolute atomic E-state index is 0.205. The first-order valence-electron chi connectivity index (χ1n) is 16.3. The van der Waals surface area contributed by atoms with Gasteiger partial charge in [-0.3, -0.25) is 18.8 Å². The van der Waals surface area contributed by atoms with Gasteiger partial charge in [0.1, 0.15) is 17.7 Å². The molecule has 1 saturated heterocycles. The molecule has 0 saturated carbocycles. The second kappa shape index (κ2) is 14.7. The molecule has 13 heteroatoms. The number of rotatable bonds is 8. The summed E-state index contributed by atoms with van der Waals surface area (Å²) in [5.74, 6) is -0.687. The van der Waals surface area contributed by atoms with Crippen molar-refractivity contribution in [1.82, 2.24) is 15.1 Å². The third kappa shape index (κ3) is 8.85. The zero-order valence-corrected chi connectivity index (χ0v) is 30.1. The van der Waals surface area contributed by atoms with E-state index in [4.69, 9.17) is 16.3 Å². The lowest BCUT2D eigenvalue weighted by Crippen LogP contribution is -2.59. The number of anilines is 2. The van der Waals surface area contributed by atoms with Gasteiger partial charge in [0.2, 0.25) is 21.8 Å². The van der Waals surface area contributed by atoms with Crippen molar-refractivity contribution >= 4 is 50.9 Å². The standard InChI is InChI=1S/C36H44ClN5O6S/c1-36(2,3)48-35(45)42-24-27-11-7-6-10-26(27)23-32(42)33(43)38-29(22-25-14-16-28(37)17-15-25)34(44)41-20-18-40(19-21-41)31-13-9-8-12-30(31)39(4)49(5,46)47/h6-17,29,32H,18-24H2,1-5H3,(H,38,43)/t29-,32?/m1/s1. The average Bonchev–Trinajstić information content (AvgIpc) is 3.06. The third-order valence-electron chi connectivity index (χ3n) is 8.80. The Kier molecular flexibility index (Phi) is 10.8. The number of nitrogens with one attached hydrogen (secondary N) is 1. The van der Waals surface area contributed by atoms with Gasteiger partial charge in [0, 0.05) is 51.1 Å². The van der Waals surface area contributed by atoms with Crippen molar-refractivity contribution < 1.29 is 27.5 Å². The molecule has 262 valence electrons. The molecule has 3 aromatic rings. The van der Waals surface area contributed by atoms with Gasteiger partial charge < -0.3 is 19.9 Å². The fourth-order valence-corrected chi connectivity index (χ4v) is 6.80. The summed E-state index contributed by atoms with van der Waals surface area (Å²) in [6, 6.07) is 20.3. The Bertz CT molecular complexity index is 1790. The van der Waals surface area contributed by atoms with Crippen LogP contribution in [0.15, 0.2) is 72.8 Å². The smallest absolute Gasteiger partial charge is 0.411 e. The summed E-state index contributed by atoms with van der Waals surface area (Å²) in [7, 11) is -1.96. The number of para-hydroxylation sites is 2. The van der Waals surface area contributed by atoms with Gasteiger partial charge in [-0.2, -0.15) is 0 Å². The number of halogens is 1. The van der Waals surface area contributed by atoms with E-state index in [1.165, 1.54) is 16.3 Å². The minimum Gasteiger partial charge on any atom is -0.444 e. The zero-order chi connectivity index (χ0) is 35.5. The van der Waals surface area contributed by atoms with Crippen LogP contribution in [0.4, 0.5) is 16.2 Å². The van der Waals surface area contributed by atoms with Gasteiger partial charge in [0.05, 0.1) is 24.2 Å². The maximum atomic E-state index is 14.2. The Labute approximate surface area is 293 Å². The van der Waals surface area contributed by atoms with Crippen molar-refractivity contribution in [1.29, 1.82) is 0 Å². The number of nitrogens with zero attached hydrogens (tertiary/aromatic N) is 4. The molecular weight excluding hydrogens is 666 g/mol. The Morgan fingerprint density at radius 1 is 0.939 bits per heavy atom. The van der Waals surface area contributed by atoms with Crippen LogP contribution in [0.2, 0.25) is 5.02 Å². The van der Waals surface area contributed by atoms with Gasteiger partial charge in [-0.1, -0.05) is 60.1 Å². The summed E-state index contributed by atoms with van der Waals surface area (Å²) >= 11 is 6.14. The number of carbonyl (C=O) groups is 3. The highest BCUT2D eigenvalue weighted by Crippen LogP contribution is 2.31. The monoisotopic (exact) mass is 709 g/mol. The van der Waals surface area contributed by atoms with E-state index in [1.807, 2.05) is 48.5 Å². The molecule has 1 fully saturated rings. The van der Waals surface area contributed by atoms with Gasteiger partial charge in [-0.25, -0.2) is 13.2 Å². The van der Waals surface area contributed by atoms with Crippen molar-refractivity contribution in [2.24, 2.45) is 0 Å². The van der Waals surface area contributed by atoms with Gasteiger partial charge in [0.25, 0.3) is 0 Å². The molecule has 0 spiro atoms. The van der Waals surface area contributed by atoms with Crippen LogP contribution in [0.25, 0.3) is 0 Å². The van der Waals surface area contributed by atoms with E-state index in [-0.39, 0.29) is 25.3 Å². The molecule has 1 N–H and O–H groups in total. The molecule has 49 heavy (non-hydrogen) atoms. The Morgan fingerprint density at radius 3 is 2.18 bits per heavy atom. The maximum Gasteiger partial charge on any atom is 0.411 e. The minimum atomic E-state index is -3.48. The predicted octanol–water partition coefficient (Wildman–Crippen LogP) is 4.47. The van der Waals surface area contributed by atoms with E-state index in [1.54, 1.807) is 49.9 Å². The summed E-state index contributed by atoms with van der Waals surface area (Å²) in [6.45, 7) is 7.20. The molecule has 3 amide bonds. The highest BCUT2D eigenvalue weighted by Gasteiger charge is 2.39. The topological polar surface area (TPSA) is 120 Å². The molecule has 2 aliphatic heterocycles. The summed E-state index contributed by atoms with van der Waals surface area (Å²) in [6.07, 6.45) is 1.07. The number of carbonyl (C=O) groups excluding carboxylic acids is 3. The summed E-state index contributed by atoms with van der Waals surface area (Å²) < 4.78 is 31.6. The fraction of sp³-hybridized carbons (Fsp3) is 0.417. The molecule has 0 aromatic heterocycles. The molecule has 2 aliphatic rings. The number of fused-ring (bicyclic) bond motifs is 1. The van der Waals surface area contributed by atoms with Crippen molar-refractivity contribution in [2.75, 3.05) is 48.7 Å². The second-order valence-corrected chi connectivity index (χ2v) is 16.0. The molecule has 2 atom stereocenters. The average molecular weight is 710 g/mol. The second-order valence-electron chi connectivity index (χ2n) is 13.5. The van der Waals surface area contributed by atoms with Crippen LogP contribution in [0.5, 0.6) is 0 Å². The molecule has 2 heterocycles. The summed E-state index contributed by atoms with van der Waals surface area (Å²) in [4.78, 5) is 47.0. The lowest BCUT2D eigenvalue weighted by molar-refractivity contribution is -0.138. The van der Waals surface area contributed by atoms with Crippen LogP contribution in [-0.2, 0) is 43.7 Å². The van der Waals surface area contributed by atoms with E-state index < -0.39 is 39.7 Å². The fourth-order valence-electron chi connectivity index (χ4n) is 6.16. The Morgan fingerprint density at radius 2 is 1.55 bits per heavy atom. The number of hydrogen-bond acceptors (Lipinski definition) is 7. The number of amides is 3. The third-order valence-corrected chi connectivity index (χ3v) is 10.2. The molecule has 0 aliphatic carbocycles. The van der Waals surface area contributed by atoms with Gasteiger partial charge in [-0.05, 0) is 61.7 Å². The van der Waals surface area contributed by atoms with Gasteiger partial charge in [-0.15, -0.1) is 0 Å². The Hall–Kier alpha value is -4.29. The number of ether oxygens (including phenoxy) is 1. The Balaban J connectivity index is 1.36. The molecule has 0 bridgehead atoms. The van der Waals surface area contributed by atoms with Crippen molar-refractivity contribution in [3.63, 3.8) is 0 Å². The largest absolute Gasteiger partial charge is 0.444 e. The SMILES string of the molecule is CN(c1ccccc1N1CCN(C(=O)[C@@H](Cc2ccc(Cl)cc2)NC(=O)C2Cc3ccccc3CN2C(=O)OC(C)(C)C)CC1)S(C)(=O)=O. The van der Waals surface area contributed by atoms with E-state index in [0.29, 0.717) is 36.9 Å². The van der Waals surface area contributed by atoms with E-state index in [0.717, 1.165) is 28.6 Å². The van der Waals surface area contributed by atoms with Crippen LogP contribution in [0.3, 0.4) is 0 Å². The van der Waals surface area contributed by atoms with Crippen molar-refractivity contribution in [3.8, 4) is 0 Å². The van der Waals surface area contributed by atoms with Crippen LogP contribution < -0.4 is 14.5 Å². The number of hydrogen-bond donors (Lipinski definition) is 1. The number of piperazine rings is 1. The van der Waals surface area contributed by atoms with Crippen LogP contribution in [-0.4, -0.2) is 93.3 Å². The molecule has 11 nitrogen and oxygen atoms in total. The zero-order valence-electron chi connectivity index (χ0n) is 28.6. The lowest BCUT2D eigenvalue weighted by Gasteiger charge is -2.40. The first-order valence-corrected chi connectivity index (χ1v) is 18.5. The molecule has 0 radical (unpaired) electrons. The number of benzene rings is 3. The lowest BCUT2D eigenvalue weighted by atomic mass is 9.93. The van der Waals surface area contributed by atoms with Gasteiger partial charge in [0.15, 0.2) is 0 Å². The summed E-state index contributed by atoms with van der Waals surface area (Å²) in [5.41, 5.74) is 3.27. The van der Waals surface area contributed by atoms with E-state index in [2.05, 4.69) is 10.2 Å². The molecular formula is C36H44ClN5O6S. The molecule has 3 aromatic carbocycles. The normalized spacial score (nSPS) is 17.2. The van der Waals surface area contributed by atoms with Crippen LogP contribution >= 0.6 is 11.6 Å². The maximum absolute atomic E-state index is 14.2. The highest BCUT2D eigenvalue weighted by molar-refractivity contribution is 7.92. The quantitative estimate of drug-likeness (QED) is 0.367. The van der Waals surface area contributed by atoms with Crippen LogP contribution in [0.1, 0.15) is 37.5 Å². The molecule has 5 rings (SSSR count). The summed E-state index contributed by atoms with van der Waals surface area (Å²) in [5, 5.41) is 3.57. The van der Waals surface area contributed by atoms with Crippen molar-refractivity contribution in [3.05, 3.63) is 94.5 Å². The first kappa shape index (κ1) is 36.0. The number of sulfonamides is 1. The van der Waals surface area contributed by atoms with Crippen LogP contribution in [0, 0.1) is 0 Å². The van der Waals surface area contributed by atoms with Crippen molar-refractivity contribution in [2.45, 2.75) is 57.8 Å². The highest BCUT2D eigenvalue weighted by atomic mass is 35.5. The van der Waals surface area contributed by atoms with Gasteiger partial charge >= 0.3 is 6.09 Å². The van der Waals surface area contributed by atoms with E-state index in [9.17, 15) is 22.8 Å². The van der Waals surface area contributed by atoms with E-state index >= 15 is 0 Å². The predicted molar refractivity (Wildman–Crippen MR) is 191 cm³/mol. The first-order chi connectivity index (χ1) is 23.1.